The van der Waals surface area contributed by atoms with Gasteiger partial charge in [0.25, 0.3) is 0 Å². The number of hydrogen-bond acceptors (Lipinski definition) is 5. The summed E-state index contributed by atoms with van der Waals surface area (Å²) in [5.74, 6) is 0. The molecule has 12 aromatic carbocycles. The van der Waals surface area contributed by atoms with Gasteiger partial charge in [0.2, 0.25) is 0 Å². The molecule has 0 saturated carbocycles. The van der Waals surface area contributed by atoms with Crippen molar-refractivity contribution in [3.05, 3.63) is 284 Å². The number of hydrogen-bond donors (Lipinski definition) is 0. The number of benzene rings is 12. The molecule has 1 aliphatic carbocycles. The predicted octanol–water partition coefficient (Wildman–Crippen LogP) is 20.0. The maximum atomic E-state index is 7.49. The fraction of sp³-hybridized carbons (Fsp3) is 0.0263. The van der Waals surface area contributed by atoms with Gasteiger partial charge in [-0.25, -0.2) is 0 Å². The van der Waals surface area contributed by atoms with Gasteiger partial charge < -0.3 is 23.1 Å². The van der Waals surface area contributed by atoms with E-state index in [1.165, 1.54) is 0 Å². The van der Waals surface area contributed by atoms with E-state index in [4.69, 9.17) is 13.3 Å². The Bertz CT molecular complexity index is 5020. The van der Waals surface area contributed by atoms with Crippen LogP contribution in [0.25, 0.3) is 122 Å². The Morgan fingerprint density at radius 3 is 1.36 bits per heavy atom. The number of para-hydroxylation sites is 4. The second kappa shape index (κ2) is 19.1. The second-order valence-electron chi connectivity index (χ2n) is 20.9. The van der Waals surface area contributed by atoms with Crippen LogP contribution in [0.4, 0.5) is 28.4 Å². The highest BCUT2D eigenvalue weighted by Crippen LogP contribution is 2.55. The molecule has 0 atom stereocenters. The van der Waals surface area contributed by atoms with Gasteiger partial charge >= 0.3 is 0 Å². The third-order valence-corrected chi connectivity index (χ3v) is 16.3. The topological polar surface area (TPSA) is 45.9 Å². The fourth-order valence-electron chi connectivity index (χ4n) is 12.6. The quantitative estimate of drug-likeness (QED) is 0.128. The SMILES string of the molecule is C1=c2c(oc3c(-c4ccccc4)cccc23)=C(N(c2ccc(-c3ccccc3)cc2)c2c3ccccc3c(N(c3ccc(-c4ccccc4)cc3)c3cccc4c3oc3c(-c5ccccc5)cccc34)c3oc4ccccc4c23)CC1. The molecular formula is C76H50N2O3. The van der Waals surface area contributed by atoms with Crippen LogP contribution >= 0.6 is 0 Å². The Morgan fingerprint density at radius 1 is 0.296 bits per heavy atom. The summed E-state index contributed by atoms with van der Waals surface area (Å²) in [6, 6.07) is 97.2. The van der Waals surface area contributed by atoms with Crippen molar-refractivity contribution in [2.75, 3.05) is 9.80 Å². The molecule has 0 unspecified atom stereocenters. The zero-order chi connectivity index (χ0) is 53.4. The van der Waals surface area contributed by atoms with E-state index in [1.54, 1.807) is 0 Å². The zero-order valence-corrected chi connectivity index (χ0v) is 44.1. The summed E-state index contributed by atoms with van der Waals surface area (Å²) in [7, 11) is 0. The monoisotopic (exact) mass is 1040 g/mol. The average molecular weight is 1040 g/mol. The number of rotatable bonds is 10. The minimum absolute atomic E-state index is 0.736. The molecule has 0 spiro atoms. The van der Waals surface area contributed by atoms with Gasteiger partial charge in [-0.3, -0.25) is 0 Å². The van der Waals surface area contributed by atoms with Crippen LogP contribution in [-0.4, -0.2) is 0 Å². The summed E-state index contributed by atoms with van der Waals surface area (Å²) < 4.78 is 22.2. The van der Waals surface area contributed by atoms with Crippen molar-refractivity contribution in [1.29, 1.82) is 0 Å². The third-order valence-electron chi connectivity index (χ3n) is 16.3. The van der Waals surface area contributed by atoms with Crippen LogP contribution < -0.4 is 20.4 Å². The fourth-order valence-corrected chi connectivity index (χ4v) is 12.6. The molecule has 0 fully saturated rings. The molecule has 0 saturated heterocycles. The van der Waals surface area contributed by atoms with Crippen LogP contribution in [0.5, 0.6) is 0 Å². The maximum absolute atomic E-state index is 7.49. The lowest BCUT2D eigenvalue weighted by Gasteiger charge is -2.32. The Labute approximate surface area is 467 Å². The molecule has 0 radical (unpaired) electrons. The van der Waals surface area contributed by atoms with Crippen LogP contribution in [0.3, 0.4) is 0 Å². The minimum atomic E-state index is 0.736. The molecule has 1 aliphatic rings. The molecule has 15 aromatic rings. The van der Waals surface area contributed by atoms with Gasteiger partial charge in [0.1, 0.15) is 16.7 Å². The molecular weight excluding hydrogens is 989 g/mol. The molecule has 5 heteroatoms. The Morgan fingerprint density at radius 2 is 0.753 bits per heavy atom. The van der Waals surface area contributed by atoms with Crippen molar-refractivity contribution >= 4 is 106 Å². The Hall–Kier alpha value is -10.6. The van der Waals surface area contributed by atoms with Crippen molar-refractivity contribution in [2.24, 2.45) is 0 Å². The highest BCUT2D eigenvalue weighted by Gasteiger charge is 2.33. The van der Waals surface area contributed by atoms with Gasteiger partial charge in [-0.05, 0) is 82.6 Å². The van der Waals surface area contributed by atoms with Gasteiger partial charge in [-0.15, -0.1) is 0 Å². The highest BCUT2D eigenvalue weighted by atomic mass is 16.3. The van der Waals surface area contributed by atoms with Crippen LogP contribution in [0.15, 0.2) is 286 Å². The largest absolute Gasteiger partial charge is 0.454 e. The summed E-state index contributed by atoms with van der Waals surface area (Å²) in [5, 5.41) is 8.36. The summed E-state index contributed by atoms with van der Waals surface area (Å²) in [6.07, 6.45) is 3.93. The van der Waals surface area contributed by atoms with Gasteiger partial charge in [0, 0.05) is 60.0 Å². The summed E-state index contributed by atoms with van der Waals surface area (Å²) in [5.41, 5.74) is 19.7. The Kier molecular flexibility index (Phi) is 10.9. The smallest absolute Gasteiger partial charge is 0.162 e. The molecule has 81 heavy (non-hydrogen) atoms. The van der Waals surface area contributed by atoms with E-state index in [1.807, 2.05) is 0 Å². The summed E-state index contributed by atoms with van der Waals surface area (Å²) >= 11 is 0. The van der Waals surface area contributed by atoms with Gasteiger partial charge in [0.05, 0.1) is 28.1 Å². The minimum Gasteiger partial charge on any atom is -0.454 e. The van der Waals surface area contributed by atoms with Crippen molar-refractivity contribution in [1.82, 2.24) is 0 Å². The van der Waals surface area contributed by atoms with Gasteiger partial charge in [-0.2, -0.15) is 0 Å². The first-order chi connectivity index (χ1) is 40.2. The van der Waals surface area contributed by atoms with Crippen molar-refractivity contribution in [3.8, 4) is 44.5 Å². The molecule has 5 nitrogen and oxygen atoms in total. The molecule has 382 valence electrons. The molecule has 0 bridgehead atoms. The van der Waals surface area contributed by atoms with E-state index < -0.39 is 0 Å². The van der Waals surface area contributed by atoms with E-state index in [2.05, 4.69) is 289 Å². The molecule has 0 amide bonds. The van der Waals surface area contributed by atoms with Crippen molar-refractivity contribution < 1.29 is 13.3 Å². The standard InChI is InChI=1S/C76H50N2O3/c1-5-21-49(22-6-1)51-41-45-55(46-42-51)77(66-38-19-36-63-61-34-17-32-57(72(61)80-74(63)66)53-25-9-3-10-26-53)70-59-29-13-14-30-60(59)71(76-69(70)65-31-15-16-40-68(65)79-76)78(56-47-43-52(44-48-56)50-23-7-2-8-24-50)67-39-20-37-64-62-35-18-33-58(73(62)81-75(64)67)54-27-11-4-12-28-54/h1-18,20-37,39-48H,19,38H2. The average Bonchev–Trinajstić information content (AvgIpc) is 4.33. The maximum Gasteiger partial charge on any atom is 0.162 e. The number of fused-ring (bicyclic) bond motifs is 10. The van der Waals surface area contributed by atoms with Crippen LogP contribution in [0.2, 0.25) is 0 Å². The first kappa shape index (κ1) is 46.5. The lowest BCUT2D eigenvalue weighted by molar-refractivity contribution is 0.567. The van der Waals surface area contributed by atoms with Gasteiger partial charge in [0.15, 0.2) is 16.6 Å². The van der Waals surface area contributed by atoms with E-state index in [0.717, 1.165) is 168 Å². The van der Waals surface area contributed by atoms with E-state index in [9.17, 15) is 0 Å². The van der Waals surface area contributed by atoms with E-state index >= 15 is 0 Å². The van der Waals surface area contributed by atoms with Crippen LogP contribution in [0, 0.1) is 0 Å². The first-order valence-electron chi connectivity index (χ1n) is 27.8. The van der Waals surface area contributed by atoms with E-state index in [-0.39, 0.29) is 0 Å². The number of anilines is 5. The normalized spacial score (nSPS) is 12.4. The van der Waals surface area contributed by atoms with Gasteiger partial charge in [-0.1, -0.05) is 243 Å². The lowest BCUT2D eigenvalue weighted by Crippen LogP contribution is -2.33. The molecule has 0 aliphatic heterocycles. The lowest BCUT2D eigenvalue weighted by atomic mass is 9.96. The van der Waals surface area contributed by atoms with Crippen molar-refractivity contribution in [2.45, 2.75) is 12.8 Å². The zero-order valence-electron chi connectivity index (χ0n) is 44.1. The van der Waals surface area contributed by atoms with E-state index in [0.29, 0.717) is 0 Å². The summed E-state index contributed by atoms with van der Waals surface area (Å²) in [6.45, 7) is 0. The predicted molar refractivity (Wildman–Crippen MR) is 336 cm³/mol. The van der Waals surface area contributed by atoms with Crippen molar-refractivity contribution in [3.63, 3.8) is 0 Å². The molecule has 16 rings (SSSR count). The Balaban J connectivity index is 1.02. The van der Waals surface area contributed by atoms with Crippen LogP contribution in [0.1, 0.15) is 12.8 Å². The first-order valence-corrected chi connectivity index (χ1v) is 27.8. The number of furan rings is 3. The third kappa shape index (κ3) is 7.62. The molecule has 3 aromatic heterocycles. The second-order valence-corrected chi connectivity index (χ2v) is 20.9. The molecule has 0 N–H and O–H groups in total. The number of nitrogens with zero attached hydrogens (tertiary/aromatic N) is 2. The van der Waals surface area contributed by atoms with Crippen LogP contribution in [-0.2, 0) is 0 Å². The summed E-state index contributed by atoms with van der Waals surface area (Å²) in [4.78, 5) is 4.87. The highest BCUT2D eigenvalue weighted by molar-refractivity contribution is 6.29. The molecule has 3 heterocycles.